The van der Waals surface area contributed by atoms with E-state index in [-0.39, 0.29) is 18.5 Å². The highest BCUT2D eigenvalue weighted by Crippen LogP contribution is 2.16. The van der Waals surface area contributed by atoms with Crippen molar-refractivity contribution in [2.75, 3.05) is 13.2 Å². The van der Waals surface area contributed by atoms with Crippen LogP contribution in [0.25, 0.3) is 0 Å². The van der Waals surface area contributed by atoms with E-state index in [0.717, 1.165) is 70.6 Å². The normalized spacial score (nSPS) is 12.8. The minimum absolute atomic E-state index is 0.0366. The van der Waals surface area contributed by atoms with Gasteiger partial charge in [0.25, 0.3) is 0 Å². The molecule has 0 aromatic rings. The Labute approximate surface area is 354 Å². The number of rotatable bonds is 46. The number of aliphatic hydroxyl groups excluding tert-OH is 2. The SMILES string of the molecule is CCCCCCCCCCCCCCCCCC/C=C/C(O)C(CO)NC(=O)CCC/C=C\CCCCCCOC(=O)CCCCCCCCCCCCCCC. The van der Waals surface area contributed by atoms with Gasteiger partial charge in [0.05, 0.1) is 25.4 Å². The molecule has 0 fully saturated rings. The van der Waals surface area contributed by atoms with Crippen LogP contribution in [0.1, 0.15) is 264 Å². The topological polar surface area (TPSA) is 95.9 Å². The van der Waals surface area contributed by atoms with Crippen LogP contribution in [0, 0.1) is 0 Å². The molecule has 0 aliphatic heterocycles. The van der Waals surface area contributed by atoms with Gasteiger partial charge in [-0.2, -0.15) is 0 Å². The van der Waals surface area contributed by atoms with Gasteiger partial charge in [-0.1, -0.05) is 224 Å². The number of aliphatic hydroxyl groups is 2. The number of ether oxygens (including phenoxy) is 1. The van der Waals surface area contributed by atoms with Crippen molar-refractivity contribution in [1.82, 2.24) is 5.32 Å². The van der Waals surface area contributed by atoms with Crippen LogP contribution >= 0.6 is 0 Å². The van der Waals surface area contributed by atoms with E-state index in [1.807, 2.05) is 6.08 Å². The van der Waals surface area contributed by atoms with Gasteiger partial charge in [-0.05, 0) is 51.4 Å². The first kappa shape index (κ1) is 55.3. The number of hydrogen-bond donors (Lipinski definition) is 3. The van der Waals surface area contributed by atoms with Crippen molar-refractivity contribution in [3.8, 4) is 0 Å². The van der Waals surface area contributed by atoms with Crippen molar-refractivity contribution in [2.45, 2.75) is 276 Å². The van der Waals surface area contributed by atoms with Gasteiger partial charge in [0.1, 0.15) is 0 Å². The van der Waals surface area contributed by atoms with E-state index in [1.54, 1.807) is 6.08 Å². The van der Waals surface area contributed by atoms with E-state index in [2.05, 4.69) is 31.3 Å². The molecule has 0 aromatic heterocycles. The summed E-state index contributed by atoms with van der Waals surface area (Å²) in [7, 11) is 0. The monoisotopic (exact) mass is 804 g/mol. The first-order valence-corrected chi connectivity index (χ1v) is 25.1. The van der Waals surface area contributed by atoms with Crippen molar-refractivity contribution >= 4 is 11.9 Å². The van der Waals surface area contributed by atoms with Crippen molar-refractivity contribution < 1.29 is 24.5 Å². The number of hydrogen-bond acceptors (Lipinski definition) is 5. The summed E-state index contributed by atoms with van der Waals surface area (Å²) < 4.78 is 5.43. The van der Waals surface area contributed by atoms with E-state index in [9.17, 15) is 19.8 Å². The molecule has 336 valence electrons. The lowest BCUT2D eigenvalue weighted by Gasteiger charge is -2.19. The van der Waals surface area contributed by atoms with Crippen LogP contribution in [0.2, 0.25) is 0 Å². The molecular formula is C51H97NO5. The van der Waals surface area contributed by atoms with E-state index in [0.29, 0.717) is 19.4 Å². The zero-order valence-corrected chi connectivity index (χ0v) is 38.1. The maximum atomic E-state index is 12.4. The number of esters is 1. The number of amides is 1. The Morgan fingerprint density at radius 1 is 0.474 bits per heavy atom. The van der Waals surface area contributed by atoms with Gasteiger partial charge in [-0.15, -0.1) is 0 Å². The van der Waals surface area contributed by atoms with Gasteiger partial charge in [0, 0.05) is 12.8 Å². The third-order valence-electron chi connectivity index (χ3n) is 11.5. The summed E-state index contributed by atoms with van der Waals surface area (Å²) in [5.74, 6) is -0.164. The number of nitrogens with one attached hydrogen (secondary N) is 1. The smallest absolute Gasteiger partial charge is 0.305 e. The highest BCUT2D eigenvalue weighted by molar-refractivity contribution is 5.76. The molecule has 0 saturated heterocycles. The summed E-state index contributed by atoms with van der Waals surface area (Å²) in [4.78, 5) is 24.4. The lowest BCUT2D eigenvalue weighted by molar-refractivity contribution is -0.143. The van der Waals surface area contributed by atoms with Crippen molar-refractivity contribution in [1.29, 1.82) is 0 Å². The third kappa shape index (κ3) is 43.7. The molecule has 0 aromatic carbocycles. The van der Waals surface area contributed by atoms with Gasteiger partial charge in [-0.25, -0.2) is 0 Å². The first-order chi connectivity index (χ1) is 28.0. The van der Waals surface area contributed by atoms with Crippen LogP contribution in [0.15, 0.2) is 24.3 Å². The molecule has 2 atom stereocenters. The molecule has 3 N–H and O–H groups in total. The van der Waals surface area contributed by atoms with E-state index >= 15 is 0 Å². The van der Waals surface area contributed by atoms with Gasteiger partial charge in [0.15, 0.2) is 0 Å². The van der Waals surface area contributed by atoms with Crippen LogP contribution in [0.4, 0.5) is 0 Å². The molecule has 0 radical (unpaired) electrons. The molecule has 0 rings (SSSR count). The molecule has 6 nitrogen and oxygen atoms in total. The summed E-state index contributed by atoms with van der Waals surface area (Å²) in [5, 5.41) is 23.0. The number of allylic oxidation sites excluding steroid dienone is 3. The molecule has 6 heteroatoms. The molecule has 0 heterocycles. The average molecular weight is 804 g/mol. The highest BCUT2D eigenvalue weighted by Gasteiger charge is 2.17. The molecule has 1 amide bonds. The Morgan fingerprint density at radius 3 is 1.28 bits per heavy atom. The quantitative estimate of drug-likeness (QED) is 0.0324. The standard InChI is InChI=1S/C51H97NO5/c1-3-5-7-9-11-13-15-17-18-19-20-21-23-24-27-31-35-39-43-49(54)48(47-53)52-50(55)44-40-36-32-28-26-30-34-38-42-46-57-51(56)45-41-37-33-29-25-22-16-14-12-10-8-6-4-2/h28,32,39,43,48-49,53-54H,3-27,29-31,33-38,40-42,44-47H2,1-2H3,(H,52,55)/b32-28-,43-39+. The fourth-order valence-electron chi connectivity index (χ4n) is 7.58. The zero-order chi connectivity index (χ0) is 41.5. The summed E-state index contributed by atoms with van der Waals surface area (Å²) in [5.41, 5.74) is 0. The lowest BCUT2D eigenvalue weighted by Crippen LogP contribution is -2.45. The Balaban J connectivity index is 3.58. The first-order valence-electron chi connectivity index (χ1n) is 25.1. The van der Waals surface area contributed by atoms with Crippen LogP contribution < -0.4 is 5.32 Å². The number of carbonyl (C=O) groups is 2. The number of unbranched alkanes of at least 4 members (excludes halogenated alkanes) is 33. The van der Waals surface area contributed by atoms with Crippen molar-refractivity contribution in [2.24, 2.45) is 0 Å². The van der Waals surface area contributed by atoms with Crippen LogP contribution in [-0.4, -0.2) is 47.4 Å². The van der Waals surface area contributed by atoms with Gasteiger partial charge >= 0.3 is 5.97 Å². The minimum Gasteiger partial charge on any atom is -0.466 e. The van der Waals surface area contributed by atoms with Gasteiger partial charge in [-0.3, -0.25) is 9.59 Å². The van der Waals surface area contributed by atoms with Crippen LogP contribution in [-0.2, 0) is 14.3 Å². The van der Waals surface area contributed by atoms with Crippen molar-refractivity contribution in [3.05, 3.63) is 24.3 Å². The summed E-state index contributed by atoms with van der Waals surface area (Å²) in [6.07, 6.45) is 54.7. The fourth-order valence-corrected chi connectivity index (χ4v) is 7.58. The van der Waals surface area contributed by atoms with Crippen LogP contribution in [0.5, 0.6) is 0 Å². The van der Waals surface area contributed by atoms with E-state index in [1.165, 1.54) is 167 Å². The number of carbonyl (C=O) groups excluding carboxylic acids is 2. The predicted molar refractivity (Wildman–Crippen MR) is 246 cm³/mol. The second-order valence-corrected chi connectivity index (χ2v) is 17.1. The Bertz CT molecular complexity index is 889. The minimum atomic E-state index is -0.874. The summed E-state index contributed by atoms with van der Waals surface area (Å²) in [6, 6.07) is -0.664. The molecule has 0 saturated carbocycles. The van der Waals surface area contributed by atoms with E-state index < -0.39 is 12.1 Å². The Hall–Kier alpha value is -1.66. The molecule has 0 aliphatic rings. The second kappa shape index (κ2) is 47.0. The molecule has 0 bridgehead atoms. The largest absolute Gasteiger partial charge is 0.466 e. The highest BCUT2D eigenvalue weighted by atomic mass is 16.5. The Kier molecular flexibility index (Phi) is 45.7. The Morgan fingerprint density at radius 2 is 0.842 bits per heavy atom. The van der Waals surface area contributed by atoms with Crippen LogP contribution in [0.3, 0.4) is 0 Å². The maximum Gasteiger partial charge on any atom is 0.305 e. The summed E-state index contributed by atoms with van der Waals surface area (Å²) in [6.45, 7) is 4.81. The molecule has 0 spiro atoms. The zero-order valence-electron chi connectivity index (χ0n) is 38.1. The fraction of sp³-hybridized carbons (Fsp3) is 0.882. The van der Waals surface area contributed by atoms with Gasteiger partial charge in [0.2, 0.25) is 5.91 Å². The second-order valence-electron chi connectivity index (χ2n) is 17.1. The predicted octanol–water partition coefficient (Wildman–Crippen LogP) is 14.7. The average Bonchev–Trinajstić information content (AvgIpc) is 3.21. The molecular weight excluding hydrogens is 707 g/mol. The van der Waals surface area contributed by atoms with E-state index in [4.69, 9.17) is 4.74 Å². The van der Waals surface area contributed by atoms with Crippen molar-refractivity contribution in [3.63, 3.8) is 0 Å². The van der Waals surface area contributed by atoms with Gasteiger partial charge < -0.3 is 20.3 Å². The summed E-state index contributed by atoms with van der Waals surface area (Å²) >= 11 is 0. The third-order valence-corrected chi connectivity index (χ3v) is 11.5. The lowest BCUT2D eigenvalue weighted by atomic mass is 10.0. The molecule has 2 unspecified atom stereocenters. The molecule has 57 heavy (non-hydrogen) atoms. The maximum absolute atomic E-state index is 12.4. The molecule has 0 aliphatic carbocycles.